The number of aryl methyl sites for hydroxylation is 1. The van der Waals surface area contributed by atoms with E-state index in [0.717, 1.165) is 24.5 Å². The molecule has 1 atom stereocenters. The lowest BCUT2D eigenvalue weighted by Gasteiger charge is -2.32. The topological polar surface area (TPSA) is 107 Å². The Morgan fingerprint density at radius 2 is 2.11 bits per heavy atom. The van der Waals surface area contributed by atoms with Gasteiger partial charge in [-0.05, 0) is 32.4 Å². The molecule has 4 rings (SSSR count). The van der Waals surface area contributed by atoms with Gasteiger partial charge in [0.1, 0.15) is 34.8 Å². The number of nitrogen functional groups attached to an aromatic ring is 1. The number of nitrogens with zero attached hydrogens (tertiary/aromatic N) is 4. The Labute approximate surface area is 162 Å². The lowest BCUT2D eigenvalue weighted by Crippen LogP contribution is -2.41. The quantitative estimate of drug-likeness (QED) is 0.713. The fraction of sp³-hybridized carbons (Fsp3) is 0.350. The fourth-order valence-electron chi connectivity index (χ4n) is 3.39. The third-order valence-corrected chi connectivity index (χ3v) is 4.94. The van der Waals surface area contributed by atoms with Gasteiger partial charge in [-0.25, -0.2) is 9.97 Å². The molecule has 0 saturated carbocycles. The molecule has 3 N–H and O–H groups in total. The predicted molar refractivity (Wildman–Crippen MR) is 107 cm³/mol. The normalized spacial score (nSPS) is 17.1. The maximum Gasteiger partial charge on any atom is 0.234 e. The zero-order chi connectivity index (χ0) is 19.8. The van der Waals surface area contributed by atoms with Crippen LogP contribution in [0.25, 0.3) is 10.9 Å². The van der Waals surface area contributed by atoms with Crippen LogP contribution in [0.3, 0.4) is 0 Å². The minimum atomic E-state index is 0.113. The van der Waals surface area contributed by atoms with Crippen molar-refractivity contribution in [2.75, 3.05) is 30.3 Å². The van der Waals surface area contributed by atoms with Crippen molar-refractivity contribution in [1.29, 1.82) is 0 Å². The fourth-order valence-corrected chi connectivity index (χ4v) is 3.39. The number of hydrogen-bond donors (Lipinski definition) is 2. The monoisotopic (exact) mass is 381 g/mol. The molecule has 0 unspecified atom stereocenters. The molecule has 1 fully saturated rings. The summed E-state index contributed by atoms with van der Waals surface area (Å²) in [5.74, 6) is 2.06. The van der Waals surface area contributed by atoms with Gasteiger partial charge >= 0.3 is 0 Å². The van der Waals surface area contributed by atoms with E-state index < -0.39 is 0 Å². The Morgan fingerprint density at radius 1 is 1.29 bits per heavy atom. The second-order valence-corrected chi connectivity index (χ2v) is 7.02. The third-order valence-electron chi connectivity index (χ3n) is 4.94. The number of fused-ring (bicyclic) bond motifs is 1. The number of rotatable bonds is 3. The number of phenols is 1. The van der Waals surface area contributed by atoms with Crippen molar-refractivity contribution in [3.63, 3.8) is 0 Å². The highest BCUT2D eigenvalue weighted by Crippen LogP contribution is 2.38. The smallest absolute Gasteiger partial charge is 0.234 e. The lowest BCUT2D eigenvalue weighted by molar-refractivity contribution is 0.0529. The second-order valence-electron chi connectivity index (χ2n) is 7.02. The van der Waals surface area contributed by atoms with E-state index in [2.05, 4.69) is 14.9 Å². The third kappa shape index (κ3) is 3.27. The van der Waals surface area contributed by atoms with E-state index in [1.807, 2.05) is 19.9 Å². The molecule has 3 aromatic rings. The largest absolute Gasteiger partial charge is 0.508 e. The zero-order valence-corrected chi connectivity index (χ0v) is 16.1. The minimum absolute atomic E-state index is 0.113. The van der Waals surface area contributed by atoms with Crippen molar-refractivity contribution in [2.45, 2.75) is 26.9 Å². The number of nitrogens with two attached hydrogens (primary N) is 1. The minimum Gasteiger partial charge on any atom is -0.508 e. The number of benzene rings is 1. The van der Waals surface area contributed by atoms with Crippen LogP contribution in [-0.2, 0) is 4.74 Å². The van der Waals surface area contributed by atoms with Crippen LogP contribution in [0.4, 0.5) is 11.6 Å². The Morgan fingerprint density at radius 3 is 2.89 bits per heavy atom. The summed E-state index contributed by atoms with van der Waals surface area (Å²) in [4.78, 5) is 15.3. The molecule has 1 aliphatic heterocycles. The van der Waals surface area contributed by atoms with Crippen molar-refractivity contribution in [1.82, 2.24) is 15.0 Å². The van der Waals surface area contributed by atoms with Gasteiger partial charge in [-0.2, -0.15) is 4.98 Å². The summed E-state index contributed by atoms with van der Waals surface area (Å²) >= 11 is 0. The van der Waals surface area contributed by atoms with E-state index in [1.54, 1.807) is 19.1 Å². The van der Waals surface area contributed by atoms with Gasteiger partial charge in [0.2, 0.25) is 5.88 Å². The predicted octanol–water partition coefficient (Wildman–Crippen LogP) is 2.95. The van der Waals surface area contributed by atoms with Gasteiger partial charge in [0, 0.05) is 24.7 Å². The summed E-state index contributed by atoms with van der Waals surface area (Å²) in [7, 11) is 0. The zero-order valence-electron chi connectivity index (χ0n) is 16.1. The first-order valence-corrected chi connectivity index (χ1v) is 9.19. The van der Waals surface area contributed by atoms with Gasteiger partial charge in [-0.1, -0.05) is 6.07 Å². The molecule has 0 bridgehead atoms. The maximum atomic E-state index is 10.1. The van der Waals surface area contributed by atoms with E-state index in [-0.39, 0.29) is 11.9 Å². The molecule has 3 heterocycles. The van der Waals surface area contributed by atoms with Crippen molar-refractivity contribution >= 4 is 22.5 Å². The van der Waals surface area contributed by atoms with Gasteiger partial charge in [-0.15, -0.1) is 0 Å². The molecule has 0 radical (unpaired) electrons. The van der Waals surface area contributed by atoms with Crippen LogP contribution in [-0.4, -0.2) is 45.9 Å². The van der Waals surface area contributed by atoms with Gasteiger partial charge in [0.05, 0.1) is 18.2 Å². The van der Waals surface area contributed by atoms with Gasteiger partial charge < -0.3 is 25.2 Å². The number of anilines is 2. The van der Waals surface area contributed by atoms with E-state index in [4.69, 9.17) is 20.2 Å². The van der Waals surface area contributed by atoms with Crippen LogP contribution in [0.2, 0.25) is 0 Å². The molecule has 8 nitrogen and oxygen atoms in total. The highest BCUT2D eigenvalue weighted by Gasteiger charge is 2.22. The standard InChI is InChI=1S/C20H23N5O3/c1-11-4-5-15(26)13(3)18(11)28-20-17-14(22-10-23-19(17)21)8-16(24-20)25-6-7-27-12(2)9-25/h4-5,8,10,12,26H,6-7,9H2,1-3H3,(H2,21,22,23)/t12-/m1/s1. The van der Waals surface area contributed by atoms with Gasteiger partial charge in [-0.3, -0.25) is 0 Å². The second kappa shape index (κ2) is 7.12. The molecule has 1 aliphatic rings. The first-order valence-electron chi connectivity index (χ1n) is 9.19. The van der Waals surface area contributed by atoms with Crippen LogP contribution >= 0.6 is 0 Å². The average Bonchev–Trinajstić information content (AvgIpc) is 2.68. The first-order chi connectivity index (χ1) is 13.4. The number of morpholine rings is 1. The maximum absolute atomic E-state index is 10.1. The molecule has 146 valence electrons. The first kappa shape index (κ1) is 18.2. The van der Waals surface area contributed by atoms with Crippen LogP contribution in [0, 0.1) is 13.8 Å². The Bertz CT molecular complexity index is 1040. The summed E-state index contributed by atoms with van der Waals surface area (Å²) in [5, 5.41) is 10.6. The molecule has 0 spiro atoms. The Hall–Kier alpha value is -3.13. The number of aromatic nitrogens is 3. The molecule has 2 aromatic heterocycles. The number of pyridine rings is 1. The highest BCUT2D eigenvalue weighted by molar-refractivity contribution is 5.94. The molecular formula is C20H23N5O3. The van der Waals surface area contributed by atoms with Crippen LogP contribution in [0.1, 0.15) is 18.1 Å². The van der Waals surface area contributed by atoms with Crippen molar-refractivity contribution in [2.24, 2.45) is 0 Å². The molecule has 8 heteroatoms. The number of hydrogen-bond acceptors (Lipinski definition) is 8. The molecule has 0 aliphatic carbocycles. The van der Waals surface area contributed by atoms with Gasteiger partial charge in [0.15, 0.2) is 0 Å². The van der Waals surface area contributed by atoms with Crippen LogP contribution in [0.5, 0.6) is 17.4 Å². The summed E-state index contributed by atoms with van der Waals surface area (Å²) < 4.78 is 11.8. The Balaban J connectivity index is 1.85. The van der Waals surface area contributed by atoms with Crippen molar-refractivity contribution < 1.29 is 14.6 Å². The molecule has 28 heavy (non-hydrogen) atoms. The van der Waals surface area contributed by atoms with E-state index >= 15 is 0 Å². The number of ether oxygens (including phenoxy) is 2. The SMILES string of the molecule is Cc1ccc(O)c(C)c1Oc1nc(N2CCO[C@H](C)C2)cc2ncnc(N)c12. The van der Waals surface area contributed by atoms with Crippen LogP contribution < -0.4 is 15.4 Å². The summed E-state index contributed by atoms with van der Waals surface area (Å²) in [6.07, 6.45) is 1.54. The van der Waals surface area contributed by atoms with Crippen molar-refractivity contribution in [3.8, 4) is 17.4 Å². The molecule has 1 aromatic carbocycles. The molecule has 0 amide bonds. The summed E-state index contributed by atoms with van der Waals surface area (Å²) in [6.45, 7) is 7.83. The van der Waals surface area contributed by atoms with E-state index in [9.17, 15) is 5.11 Å². The van der Waals surface area contributed by atoms with Gasteiger partial charge in [0.25, 0.3) is 0 Å². The number of phenolic OH excluding ortho intramolecular Hbond substituents is 1. The lowest BCUT2D eigenvalue weighted by atomic mass is 10.1. The highest BCUT2D eigenvalue weighted by atomic mass is 16.5. The summed E-state index contributed by atoms with van der Waals surface area (Å²) in [6, 6.07) is 5.33. The van der Waals surface area contributed by atoms with E-state index in [0.29, 0.717) is 40.5 Å². The van der Waals surface area contributed by atoms with Crippen LogP contribution in [0.15, 0.2) is 24.5 Å². The number of aromatic hydroxyl groups is 1. The average molecular weight is 381 g/mol. The Kier molecular flexibility index (Phi) is 4.64. The summed E-state index contributed by atoms with van der Waals surface area (Å²) in [5.41, 5.74) is 8.28. The van der Waals surface area contributed by atoms with Crippen molar-refractivity contribution in [3.05, 3.63) is 35.7 Å². The molecular weight excluding hydrogens is 358 g/mol. The molecule has 1 saturated heterocycles. The van der Waals surface area contributed by atoms with E-state index in [1.165, 1.54) is 6.33 Å².